The van der Waals surface area contributed by atoms with E-state index in [1.165, 1.54) is 6.42 Å². The van der Waals surface area contributed by atoms with Crippen molar-refractivity contribution in [3.63, 3.8) is 0 Å². The van der Waals surface area contributed by atoms with Gasteiger partial charge in [0, 0.05) is 0 Å². The number of carbonyl (C=O) groups excluding carboxylic acids is 2. The summed E-state index contributed by atoms with van der Waals surface area (Å²) in [5.74, 6) is 1.08. The molecule has 6 heteroatoms. The Morgan fingerprint density at radius 2 is 1.96 bits per heavy atom. The first-order valence-corrected chi connectivity index (χ1v) is 9.23. The van der Waals surface area contributed by atoms with Gasteiger partial charge in [0.05, 0.1) is 12.1 Å². The molecule has 1 aromatic carbocycles. The molecule has 1 aromatic rings. The normalized spacial score (nSPS) is 23.5. The molecule has 2 rings (SSSR count). The molecule has 0 radical (unpaired) electrons. The number of urea groups is 1. The summed E-state index contributed by atoms with van der Waals surface area (Å²) in [7, 11) is 0. The van der Waals surface area contributed by atoms with Gasteiger partial charge in [0.1, 0.15) is 6.10 Å². The van der Waals surface area contributed by atoms with Crippen molar-refractivity contribution in [2.45, 2.75) is 52.6 Å². The number of hydrogen-bond donors (Lipinski definition) is 2. The van der Waals surface area contributed by atoms with Crippen molar-refractivity contribution in [1.29, 1.82) is 0 Å². The van der Waals surface area contributed by atoms with Gasteiger partial charge in [0.2, 0.25) is 0 Å². The number of ether oxygens (including phenoxy) is 1. The van der Waals surface area contributed by atoms with Gasteiger partial charge in [-0.2, -0.15) is 5.10 Å². The van der Waals surface area contributed by atoms with Crippen LogP contribution in [0.25, 0.3) is 0 Å². The molecule has 0 saturated heterocycles. The van der Waals surface area contributed by atoms with Crippen LogP contribution in [0.3, 0.4) is 0 Å². The average molecular weight is 359 g/mol. The van der Waals surface area contributed by atoms with Crippen LogP contribution in [0.15, 0.2) is 35.4 Å². The van der Waals surface area contributed by atoms with E-state index in [1.807, 2.05) is 30.3 Å². The highest BCUT2D eigenvalue weighted by Crippen LogP contribution is 2.35. The number of hydrazone groups is 1. The molecule has 3 N–H and O–H groups in total. The maximum atomic E-state index is 12.6. The van der Waals surface area contributed by atoms with Gasteiger partial charge < -0.3 is 10.5 Å². The molecule has 0 unspecified atom stereocenters. The Morgan fingerprint density at radius 1 is 1.27 bits per heavy atom. The molecule has 142 valence electrons. The van der Waals surface area contributed by atoms with Crippen molar-refractivity contribution in [3.05, 3.63) is 35.9 Å². The van der Waals surface area contributed by atoms with Crippen LogP contribution >= 0.6 is 0 Å². The minimum atomic E-state index is -0.771. The number of esters is 1. The minimum Gasteiger partial charge on any atom is -0.462 e. The largest absolute Gasteiger partial charge is 0.462 e. The van der Waals surface area contributed by atoms with Gasteiger partial charge in [-0.3, -0.25) is 4.79 Å². The van der Waals surface area contributed by atoms with E-state index in [4.69, 9.17) is 10.5 Å². The summed E-state index contributed by atoms with van der Waals surface area (Å²) in [5, 5.41) is 3.99. The highest BCUT2D eigenvalue weighted by molar-refractivity contribution is 6.09. The number of nitrogens with two attached hydrogens (primary N) is 1. The summed E-state index contributed by atoms with van der Waals surface area (Å²) in [6, 6.07) is 8.45. The summed E-state index contributed by atoms with van der Waals surface area (Å²) in [4.78, 5) is 23.5. The summed E-state index contributed by atoms with van der Waals surface area (Å²) in [6.45, 7) is 6.55. The minimum absolute atomic E-state index is 0.0139. The summed E-state index contributed by atoms with van der Waals surface area (Å²) < 4.78 is 5.83. The van der Waals surface area contributed by atoms with Crippen molar-refractivity contribution in [2.24, 2.45) is 28.6 Å². The topological polar surface area (TPSA) is 93.8 Å². The second-order valence-electron chi connectivity index (χ2n) is 7.43. The van der Waals surface area contributed by atoms with Crippen LogP contribution in [0.4, 0.5) is 4.79 Å². The second-order valence-corrected chi connectivity index (χ2v) is 7.43. The average Bonchev–Trinajstić information content (AvgIpc) is 2.59. The lowest BCUT2D eigenvalue weighted by atomic mass is 9.75. The van der Waals surface area contributed by atoms with Crippen molar-refractivity contribution in [2.75, 3.05) is 0 Å². The van der Waals surface area contributed by atoms with Crippen LogP contribution in [0, 0.1) is 17.8 Å². The van der Waals surface area contributed by atoms with E-state index in [9.17, 15) is 9.59 Å². The molecule has 1 aliphatic carbocycles. The Kier molecular flexibility index (Phi) is 7.18. The molecule has 2 amide bonds. The summed E-state index contributed by atoms with van der Waals surface area (Å²) in [5.41, 5.74) is 8.47. The molecule has 6 nitrogen and oxygen atoms in total. The van der Waals surface area contributed by atoms with Crippen LogP contribution < -0.4 is 11.2 Å². The van der Waals surface area contributed by atoms with Gasteiger partial charge in [-0.05, 0) is 36.2 Å². The predicted molar refractivity (Wildman–Crippen MR) is 102 cm³/mol. The SMILES string of the molecule is CC(C)[C@@H]1CC[C@@H](C)C[C@@H]1OC(=O)C/C(=N\NC(N)=O)c1ccccc1. The molecule has 0 aromatic heterocycles. The van der Waals surface area contributed by atoms with Gasteiger partial charge >= 0.3 is 12.0 Å². The fourth-order valence-electron chi connectivity index (χ4n) is 3.56. The van der Waals surface area contributed by atoms with E-state index >= 15 is 0 Å². The van der Waals surface area contributed by atoms with E-state index in [1.54, 1.807) is 0 Å². The molecule has 1 saturated carbocycles. The first-order chi connectivity index (χ1) is 12.4. The third-order valence-corrected chi connectivity index (χ3v) is 4.96. The highest BCUT2D eigenvalue weighted by atomic mass is 16.5. The molecule has 3 atom stereocenters. The second kappa shape index (κ2) is 9.36. The number of hydrogen-bond acceptors (Lipinski definition) is 4. The van der Waals surface area contributed by atoms with Crippen molar-refractivity contribution in [3.8, 4) is 0 Å². The monoisotopic (exact) mass is 359 g/mol. The van der Waals surface area contributed by atoms with Gasteiger partial charge in [-0.1, -0.05) is 57.5 Å². The fraction of sp³-hybridized carbons (Fsp3) is 0.550. The van der Waals surface area contributed by atoms with E-state index in [0.717, 1.165) is 18.4 Å². The summed E-state index contributed by atoms with van der Waals surface area (Å²) in [6.07, 6.45) is 3.08. The predicted octanol–water partition coefficient (Wildman–Crippen LogP) is 3.45. The number of nitrogens with zero attached hydrogens (tertiary/aromatic N) is 1. The zero-order valence-electron chi connectivity index (χ0n) is 15.8. The van der Waals surface area contributed by atoms with E-state index in [0.29, 0.717) is 23.5 Å². The van der Waals surface area contributed by atoms with Gasteiger partial charge in [0.25, 0.3) is 0 Å². The number of amides is 2. The van der Waals surface area contributed by atoms with E-state index in [-0.39, 0.29) is 18.5 Å². The number of carbonyl (C=O) groups is 2. The Balaban J connectivity index is 2.08. The molecule has 0 bridgehead atoms. The Hall–Kier alpha value is -2.37. The number of rotatable bonds is 6. The molecule has 0 heterocycles. The third kappa shape index (κ3) is 5.86. The van der Waals surface area contributed by atoms with Gasteiger partial charge in [0.15, 0.2) is 0 Å². The molecular weight excluding hydrogens is 330 g/mol. The van der Waals surface area contributed by atoms with E-state index < -0.39 is 6.03 Å². The Labute approximate surface area is 155 Å². The lowest BCUT2D eigenvalue weighted by molar-refractivity contribution is -0.154. The maximum absolute atomic E-state index is 12.6. The maximum Gasteiger partial charge on any atom is 0.332 e. The molecule has 26 heavy (non-hydrogen) atoms. The van der Waals surface area contributed by atoms with Crippen LogP contribution in [0.1, 0.15) is 52.0 Å². The number of benzene rings is 1. The van der Waals surface area contributed by atoms with Crippen molar-refractivity contribution >= 4 is 17.7 Å². The lowest BCUT2D eigenvalue weighted by Gasteiger charge is -2.36. The lowest BCUT2D eigenvalue weighted by Crippen LogP contribution is -2.36. The van der Waals surface area contributed by atoms with Crippen LogP contribution in [0.2, 0.25) is 0 Å². The van der Waals surface area contributed by atoms with Crippen molar-refractivity contribution < 1.29 is 14.3 Å². The van der Waals surface area contributed by atoms with Crippen LogP contribution in [-0.2, 0) is 9.53 Å². The Morgan fingerprint density at radius 3 is 2.58 bits per heavy atom. The molecular formula is C20H29N3O3. The molecule has 0 aliphatic heterocycles. The number of primary amides is 1. The van der Waals surface area contributed by atoms with Gasteiger partial charge in [-0.25, -0.2) is 10.2 Å². The number of nitrogens with one attached hydrogen (secondary N) is 1. The standard InChI is InChI=1S/C20H29N3O3/c1-13(2)16-10-9-14(3)11-18(16)26-19(24)12-17(22-23-20(21)25)15-7-5-4-6-8-15/h4-8,13-14,16,18H,9-12H2,1-3H3,(H3,21,23,25)/b22-17+/t14-,16+,18+/m1/s1. The molecule has 0 spiro atoms. The van der Waals surface area contributed by atoms with Crippen LogP contribution in [-0.4, -0.2) is 23.8 Å². The van der Waals surface area contributed by atoms with Crippen LogP contribution in [0.5, 0.6) is 0 Å². The van der Waals surface area contributed by atoms with E-state index in [2.05, 4.69) is 31.3 Å². The highest BCUT2D eigenvalue weighted by Gasteiger charge is 2.33. The third-order valence-electron chi connectivity index (χ3n) is 4.96. The molecule has 1 fully saturated rings. The quantitative estimate of drug-likeness (QED) is 0.463. The zero-order chi connectivity index (χ0) is 19.1. The fourth-order valence-corrected chi connectivity index (χ4v) is 3.56. The smallest absolute Gasteiger partial charge is 0.332 e. The van der Waals surface area contributed by atoms with Crippen molar-refractivity contribution in [1.82, 2.24) is 5.43 Å². The summed E-state index contributed by atoms with van der Waals surface area (Å²) >= 11 is 0. The zero-order valence-corrected chi connectivity index (χ0v) is 15.8. The Bertz CT molecular complexity index is 643. The molecule has 1 aliphatic rings. The first-order valence-electron chi connectivity index (χ1n) is 9.23. The van der Waals surface area contributed by atoms with Gasteiger partial charge in [-0.15, -0.1) is 0 Å². The first kappa shape index (κ1) is 19.9.